The van der Waals surface area contributed by atoms with Gasteiger partial charge < -0.3 is 19.5 Å². The molecule has 114 valence electrons. The molecule has 22 heavy (non-hydrogen) atoms. The lowest BCUT2D eigenvalue weighted by Crippen LogP contribution is -2.11. The highest BCUT2D eigenvalue weighted by atomic mass is 16.7. The zero-order valence-electron chi connectivity index (χ0n) is 12.3. The highest BCUT2D eigenvalue weighted by Gasteiger charge is 2.16. The van der Waals surface area contributed by atoms with Gasteiger partial charge in [-0.3, -0.25) is 4.79 Å². The number of amides is 1. The summed E-state index contributed by atoms with van der Waals surface area (Å²) in [4.78, 5) is 12.2. The lowest BCUT2D eigenvalue weighted by atomic mass is 10.2. The van der Waals surface area contributed by atoms with E-state index in [4.69, 9.17) is 14.2 Å². The van der Waals surface area contributed by atoms with Gasteiger partial charge in [0, 0.05) is 11.3 Å². The predicted molar refractivity (Wildman–Crippen MR) is 82.7 cm³/mol. The van der Waals surface area contributed by atoms with Crippen LogP contribution in [0.4, 0.5) is 5.69 Å². The minimum absolute atomic E-state index is 0.194. The van der Waals surface area contributed by atoms with Crippen LogP contribution in [0.2, 0.25) is 0 Å². The van der Waals surface area contributed by atoms with Crippen molar-refractivity contribution in [2.45, 2.75) is 13.3 Å². The first-order valence-electron chi connectivity index (χ1n) is 7.20. The van der Waals surface area contributed by atoms with Crippen molar-refractivity contribution in [3.05, 3.63) is 48.0 Å². The molecule has 1 aliphatic heterocycles. The number of fused-ring (bicyclic) bond motifs is 1. The molecule has 1 amide bonds. The maximum Gasteiger partial charge on any atom is 0.255 e. The number of carbonyl (C=O) groups excluding carboxylic acids is 1. The van der Waals surface area contributed by atoms with E-state index in [-0.39, 0.29) is 12.7 Å². The maximum absolute atomic E-state index is 12.2. The minimum atomic E-state index is -0.194. The second kappa shape index (κ2) is 6.39. The molecule has 1 N–H and O–H groups in total. The van der Waals surface area contributed by atoms with E-state index in [1.165, 1.54) is 0 Å². The fourth-order valence-corrected chi connectivity index (χ4v) is 2.10. The van der Waals surface area contributed by atoms with Crippen LogP contribution in [-0.2, 0) is 0 Å². The molecule has 5 heteroatoms. The summed E-state index contributed by atoms with van der Waals surface area (Å²) in [6, 6.07) is 12.4. The first-order valence-corrected chi connectivity index (χ1v) is 7.20. The summed E-state index contributed by atoms with van der Waals surface area (Å²) in [6.07, 6.45) is 0.961. The molecule has 0 radical (unpaired) electrons. The van der Waals surface area contributed by atoms with Crippen LogP contribution in [-0.4, -0.2) is 19.3 Å². The SMILES string of the molecule is CCCOc1ccc(NC(=O)c2ccc3c(c2)OCO3)cc1. The Balaban J connectivity index is 1.66. The predicted octanol–water partition coefficient (Wildman–Crippen LogP) is 3.46. The summed E-state index contributed by atoms with van der Waals surface area (Å²) in [6.45, 7) is 2.93. The van der Waals surface area contributed by atoms with Crippen LogP contribution in [0, 0.1) is 0 Å². The Kier molecular flexibility index (Phi) is 4.14. The van der Waals surface area contributed by atoms with Crippen molar-refractivity contribution in [1.29, 1.82) is 0 Å². The number of hydrogen-bond donors (Lipinski definition) is 1. The Labute approximate surface area is 128 Å². The van der Waals surface area contributed by atoms with Gasteiger partial charge in [0.15, 0.2) is 11.5 Å². The summed E-state index contributed by atoms with van der Waals surface area (Å²) < 4.78 is 16.0. The molecule has 0 aromatic heterocycles. The zero-order chi connectivity index (χ0) is 15.4. The number of rotatable bonds is 5. The average molecular weight is 299 g/mol. The maximum atomic E-state index is 12.2. The third-order valence-corrected chi connectivity index (χ3v) is 3.22. The van der Waals surface area contributed by atoms with E-state index < -0.39 is 0 Å². The van der Waals surface area contributed by atoms with E-state index in [0.717, 1.165) is 12.2 Å². The molecular formula is C17H17NO4. The molecule has 1 heterocycles. The van der Waals surface area contributed by atoms with Gasteiger partial charge in [-0.2, -0.15) is 0 Å². The van der Waals surface area contributed by atoms with Crippen LogP contribution >= 0.6 is 0 Å². The van der Waals surface area contributed by atoms with Crippen LogP contribution in [0.15, 0.2) is 42.5 Å². The highest BCUT2D eigenvalue weighted by molar-refractivity contribution is 6.04. The van der Waals surface area contributed by atoms with E-state index in [1.54, 1.807) is 18.2 Å². The Morgan fingerprint density at radius 3 is 2.68 bits per heavy atom. The standard InChI is InChI=1S/C17H17NO4/c1-2-9-20-14-6-4-13(5-7-14)18-17(19)12-3-8-15-16(10-12)22-11-21-15/h3-8,10H,2,9,11H2,1H3,(H,18,19). The summed E-state index contributed by atoms with van der Waals surface area (Å²) in [7, 11) is 0. The third kappa shape index (κ3) is 3.14. The van der Waals surface area contributed by atoms with Gasteiger partial charge in [0.2, 0.25) is 6.79 Å². The van der Waals surface area contributed by atoms with Gasteiger partial charge in [-0.25, -0.2) is 0 Å². The summed E-state index contributed by atoms with van der Waals surface area (Å²) in [5.41, 5.74) is 1.24. The Morgan fingerprint density at radius 2 is 1.91 bits per heavy atom. The quantitative estimate of drug-likeness (QED) is 0.918. The van der Waals surface area contributed by atoms with Gasteiger partial charge in [-0.05, 0) is 48.9 Å². The van der Waals surface area contributed by atoms with Crippen molar-refractivity contribution in [2.24, 2.45) is 0 Å². The molecule has 5 nitrogen and oxygen atoms in total. The fourth-order valence-electron chi connectivity index (χ4n) is 2.10. The molecule has 0 saturated carbocycles. The number of carbonyl (C=O) groups is 1. The number of benzene rings is 2. The minimum Gasteiger partial charge on any atom is -0.494 e. The molecular weight excluding hydrogens is 282 g/mol. The monoisotopic (exact) mass is 299 g/mol. The number of ether oxygens (including phenoxy) is 3. The van der Waals surface area contributed by atoms with Crippen LogP contribution in [0.25, 0.3) is 0 Å². The van der Waals surface area contributed by atoms with Gasteiger partial charge in [0.1, 0.15) is 5.75 Å². The van der Waals surface area contributed by atoms with E-state index in [0.29, 0.717) is 29.4 Å². The van der Waals surface area contributed by atoms with E-state index in [1.807, 2.05) is 24.3 Å². The van der Waals surface area contributed by atoms with Crippen molar-refractivity contribution in [2.75, 3.05) is 18.7 Å². The summed E-state index contributed by atoms with van der Waals surface area (Å²) >= 11 is 0. The normalized spacial score (nSPS) is 12.0. The van der Waals surface area contributed by atoms with Crippen LogP contribution in [0.1, 0.15) is 23.7 Å². The van der Waals surface area contributed by atoms with Crippen molar-refractivity contribution in [3.8, 4) is 17.2 Å². The summed E-state index contributed by atoms with van der Waals surface area (Å²) in [5, 5.41) is 2.84. The van der Waals surface area contributed by atoms with Crippen molar-refractivity contribution >= 4 is 11.6 Å². The topological polar surface area (TPSA) is 56.8 Å². The van der Waals surface area contributed by atoms with Gasteiger partial charge in [0.05, 0.1) is 6.61 Å². The van der Waals surface area contributed by atoms with Gasteiger partial charge in [-0.1, -0.05) is 6.92 Å². The lowest BCUT2D eigenvalue weighted by molar-refractivity contribution is 0.102. The molecule has 0 spiro atoms. The van der Waals surface area contributed by atoms with Gasteiger partial charge >= 0.3 is 0 Å². The first kappa shape index (κ1) is 14.3. The molecule has 0 aliphatic carbocycles. The average Bonchev–Trinajstić information content (AvgIpc) is 3.01. The molecule has 2 aromatic rings. The molecule has 0 saturated heterocycles. The smallest absolute Gasteiger partial charge is 0.255 e. The Bertz CT molecular complexity index is 667. The zero-order valence-corrected chi connectivity index (χ0v) is 12.3. The fraction of sp³-hybridized carbons (Fsp3) is 0.235. The Hall–Kier alpha value is -2.69. The molecule has 3 rings (SSSR count). The molecule has 2 aromatic carbocycles. The Morgan fingerprint density at radius 1 is 1.14 bits per heavy atom. The molecule has 0 bridgehead atoms. The molecule has 0 fully saturated rings. The molecule has 1 aliphatic rings. The van der Waals surface area contributed by atoms with Crippen molar-refractivity contribution in [3.63, 3.8) is 0 Å². The van der Waals surface area contributed by atoms with Gasteiger partial charge in [0.25, 0.3) is 5.91 Å². The van der Waals surface area contributed by atoms with E-state index in [2.05, 4.69) is 12.2 Å². The van der Waals surface area contributed by atoms with Crippen molar-refractivity contribution in [1.82, 2.24) is 0 Å². The second-order valence-electron chi connectivity index (χ2n) is 4.90. The number of anilines is 1. The lowest BCUT2D eigenvalue weighted by Gasteiger charge is -2.08. The molecule has 0 unspecified atom stereocenters. The van der Waals surface area contributed by atoms with Crippen molar-refractivity contribution < 1.29 is 19.0 Å². The summed E-state index contributed by atoms with van der Waals surface area (Å²) in [5.74, 6) is 1.85. The number of hydrogen-bond acceptors (Lipinski definition) is 4. The van der Waals surface area contributed by atoms with E-state index >= 15 is 0 Å². The highest BCUT2D eigenvalue weighted by Crippen LogP contribution is 2.32. The third-order valence-electron chi connectivity index (χ3n) is 3.22. The van der Waals surface area contributed by atoms with Crippen LogP contribution < -0.4 is 19.5 Å². The van der Waals surface area contributed by atoms with Crippen LogP contribution in [0.3, 0.4) is 0 Å². The number of nitrogens with one attached hydrogen (secondary N) is 1. The van der Waals surface area contributed by atoms with Crippen LogP contribution in [0.5, 0.6) is 17.2 Å². The first-order chi connectivity index (χ1) is 10.8. The largest absolute Gasteiger partial charge is 0.494 e. The van der Waals surface area contributed by atoms with Gasteiger partial charge in [-0.15, -0.1) is 0 Å². The van der Waals surface area contributed by atoms with E-state index in [9.17, 15) is 4.79 Å². The molecule has 0 atom stereocenters. The second-order valence-corrected chi connectivity index (χ2v) is 4.90.